The van der Waals surface area contributed by atoms with Gasteiger partial charge >= 0.3 is 11.9 Å². The summed E-state index contributed by atoms with van der Waals surface area (Å²) < 4.78 is 10.4. The molecule has 0 fully saturated rings. The number of hydrogen-bond acceptors (Lipinski definition) is 4. The highest BCUT2D eigenvalue weighted by Gasteiger charge is 2.52. The van der Waals surface area contributed by atoms with Crippen LogP contribution in [0.4, 0.5) is 0 Å². The Morgan fingerprint density at radius 2 is 1.64 bits per heavy atom. The third kappa shape index (κ3) is 2.82. The minimum absolute atomic E-state index is 0.214. The van der Waals surface area contributed by atoms with Gasteiger partial charge in [0.2, 0.25) is 0 Å². The molecule has 1 aliphatic carbocycles. The standard InChI is InChI=1S/C18H20O4/c1-3-21-16(19)18(17(20)22-4-2)13-9-8-12-15(18)14-10-6-5-7-11-14/h5-12H,3-4,13H2,1-2H3. The minimum Gasteiger partial charge on any atom is -0.465 e. The van der Waals surface area contributed by atoms with Crippen LogP contribution >= 0.6 is 0 Å². The highest BCUT2D eigenvalue weighted by Crippen LogP contribution is 2.43. The number of esters is 2. The van der Waals surface area contributed by atoms with Gasteiger partial charge in [-0.1, -0.05) is 48.6 Å². The normalized spacial score (nSPS) is 15.8. The molecular formula is C18H20O4. The van der Waals surface area contributed by atoms with E-state index < -0.39 is 17.4 Å². The molecule has 0 aromatic heterocycles. The molecule has 0 saturated carbocycles. The van der Waals surface area contributed by atoms with Crippen LogP contribution in [0.2, 0.25) is 0 Å². The Labute approximate surface area is 130 Å². The number of carbonyl (C=O) groups excluding carboxylic acids is 2. The smallest absolute Gasteiger partial charge is 0.328 e. The van der Waals surface area contributed by atoms with E-state index in [9.17, 15) is 9.59 Å². The fraction of sp³-hybridized carbons (Fsp3) is 0.333. The average Bonchev–Trinajstić information content (AvgIpc) is 2.56. The van der Waals surface area contributed by atoms with E-state index in [2.05, 4.69) is 0 Å². The van der Waals surface area contributed by atoms with Gasteiger partial charge in [0.15, 0.2) is 5.41 Å². The maximum Gasteiger partial charge on any atom is 0.328 e. The second kappa shape index (κ2) is 7.07. The maximum absolute atomic E-state index is 12.6. The zero-order chi connectivity index (χ0) is 16.0. The predicted molar refractivity (Wildman–Crippen MR) is 83.9 cm³/mol. The van der Waals surface area contributed by atoms with Gasteiger partial charge in [0.05, 0.1) is 13.2 Å². The van der Waals surface area contributed by atoms with Crippen LogP contribution in [0.15, 0.2) is 48.6 Å². The van der Waals surface area contributed by atoms with E-state index in [1.54, 1.807) is 26.0 Å². The van der Waals surface area contributed by atoms with Gasteiger partial charge in [-0.3, -0.25) is 9.59 Å². The van der Waals surface area contributed by atoms with Gasteiger partial charge in [-0.05, 0) is 31.4 Å². The molecule has 0 amide bonds. The van der Waals surface area contributed by atoms with E-state index >= 15 is 0 Å². The zero-order valence-corrected chi connectivity index (χ0v) is 12.9. The summed E-state index contributed by atoms with van der Waals surface area (Å²) in [4.78, 5) is 25.2. The van der Waals surface area contributed by atoms with Gasteiger partial charge in [0, 0.05) is 0 Å². The SMILES string of the molecule is CCOC(=O)C1(C(=O)OCC)CC=CC=C1c1ccccc1. The van der Waals surface area contributed by atoms with Crippen LogP contribution in [0.1, 0.15) is 25.8 Å². The monoisotopic (exact) mass is 300 g/mol. The Bertz CT molecular complexity index is 581. The Morgan fingerprint density at radius 1 is 1.05 bits per heavy atom. The summed E-state index contributed by atoms with van der Waals surface area (Å²) in [6.45, 7) is 3.88. The number of rotatable bonds is 5. The van der Waals surface area contributed by atoms with Crippen molar-refractivity contribution in [2.45, 2.75) is 20.3 Å². The van der Waals surface area contributed by atoms with Crippen LogP contribution in [0.5, 0.6) is 0 Å². The lowest BCUT2D eigenvalue weighted by atomic mass is 9.72. The molecule has 1 aliphatic rings. The number of ether oxygens (including phenoxy) is 2. The Balaban J connectivity index is 2.55. The fourth-order valence-corrected chi connectivity index (χ4v) is 2.60. The summed E-state index contributed by atoms with van der Waals surface area (Å²) in [5, 5.41) is 0. The van der Waals surface area contributed by atoms with Crippen LogP contribution < -0.4 is 0 Å². The molecule has 0 heterocycles. The van der Waals surface area contributed by atoms with Crippen LogP contribution in [0.3, 0.4) is 0 Å². The van der Waals surface area contributed by atoms with Crippen molar-refractivity contribution < 1.29 is 19.1 Å². The molecule has 22 heavy (non-hydrogen) atoms. The van der Waals surface area contributed by atoms with E-state index in [4.69, 9.17) is 9.47 Å². The Morgan fingerprint density at radius 3 is 2.18 bits per heavy atom. The topological polar surface area (TPSA) is 52.6 Å². The van der Waals surface area contributed by atoms with Crippen LogP contribution in [-0.2, 0) is 19.1 Å². The van der Waals surface area contributed by atoms with Crippen molar-refractivity contribution in [1.29, 1.82) is 0 Å². The summed E-state index contributed by atoms with van der Waals surface area (Å²) >= 11 is 0. The first-order valence-corrected chi connectivity index (χ1v) is 7.44. The number of benzene rings is 1. The van der Waals surface area contributed by atoms with Gasteiger partial charge in [0.25, 0.3) is 0 Å². The molecule has 0 aliphatic heterocycles. The Hall–Kier alpha value is -2.36. The third-order valence-electron chi connectivity index (χ3n) is 3.62. The average molecular weight is 300 g/mol. The summed E-state index contributed by atoms with van der Waals surface area (Å²) in [7, 11) is 0. The second-order valence-corrected chi connectivity index (χ2v) is 4.92. The van der Waals surface area contributed by atoms with Crippen LogP contribution in [-0.4, -0.2) is 25.2 Å². The number of hydrogen-bond donors (Lipinski definition) is 0. The molecule has 4 heteroatoms. The van der Waals surface area contributed by atoms with Crippen molar-refractivity contribution in [1.82, 2.24) is 0 Å². The Kier molecular flexibility index (Phi) is 5.15. The van der Waals surface area contributed by atoms with Crippen LogP contribution in [0, 0.1) is 5.41 Å². The molecule has 0 spiro atoms. The molecule has 2 rings (SSSR count). The van der Waals surface area contributed by atoms with Gasteiger partial charge < -0.3 is 9.47 Å². The molecule has 0 bridgehead atoms. The van der Waals surface area contributed by atoms with E-state index in [-0.39, 0.29) is 19.6 Å². The zero-order valence-electron chi connectivity index (χ0n) is 12.9. The largest absolute Gasteiger partial charge is 0.465 e. The molecule has 0 unspecified atom stereocenters. The van der Waals surface area contributed by atoms with Crippen molar-refractivity contribution >= 4 is 17.5 Å². The van der Waals surface area contributed by atoms with Crippen molar-refractivity contribution in [3.8, 4) is 0 Å². The van der Waals surface area contributed by atoms with Crippen molar-refractivity contribution in [3.05, 3.63) is 54.1 Å². The third-order valence-corrected chi connectivity index (χ3v) is 3.62. The molecule has 116 valence electrons. The predicted octanol–water partition coefficient (Wildman–Crippen LogP) is 3.14. The van der Waals surface area contributed by atoms with Gasteiger partial charge in [-0.15, -0.1) is 0 Å². The van der Waals surface area contributed by atoms with Gasteiger partial charge in [0.1, 0.15) is 0 Å². The first-order chi connectivity index (χ1) is 10.7. The lowest BCUT2D eigenvalue weighted by Crippen LogP contribution is -2.43. The van der Waals surface area contributed by atoms with Gasteiger partial charge in [-0.2, -0.15) is 0 Å². The summed E-state index contributed by atoms with van der Waals surface area (Å²) in [6.07, 6.45) is 5.66. The fourth-order valence-electron chi connectivity index (χ4n) is 2.60. The molecule has 0 radical (unpaired) electrons. The molecule has 0 atom stereocenters. The summed E-state index contributed by atoms with van der Waals surface area (Å²) in [5.41, 5.74) is 0.00253. The van der Waals surface area contributed by atoms with E-state index in [1.807, 2.05) is 36.4 Å². The van der Waals surface area contributed by atoms with Crippen molar-refractivity contribution in [2.75, 3.05) is 13.2 Å². The van der Waals surface area contributed by atoms with Crippen molar-refractivity contribution in [2.24, 2.45) is 5.41 Å². The first-order valence-electron chi connectivity index (χ1n) is 7.44. The first kappa shape index (κ1) is 16.0. The molecule has 1 aromatic rings. The van der Waals surface area contributed by atoms with Crippen molar-refractivity contribution in [3.63, 3.8) is 0 Å². The summed E-state index contributed by atoms with van der Waals surface area (Å²) in [5.74, 6) is -1.12. The van der Waals surface area contributed by atoms with Gasteiger partial charge in [-0.25, -0.2) is 0 Å². The lowest BCUT2D eigenvalue weighted by molar-refractivity contribution is -0.166. The molecule has 0 saturated heterocycles. The van der Waals surface area contributed by atoms with Crippen LogP contribution in [0.25, 0.3) is 5.57 Å². The molecule has 0 N–H and O–H groups in total. The molecule has 1 aromatic carbocycles. The number of carbonyl (C=O) groups is 2. The molecule has 4 nitrogen and oxygen atoms in total. The lowest BCUT2D eigenvalue weighted by Gasteiger charge is -2.32. The maximum atomic E-state index is 12.6. The molecular weight excluding hydrogens is 280 g/mol. The summed E-state index contributed by atoms with van der Waals surface area (Å²) in [6, 6.07) is 9.38. The highest BCUT2D eigenvalue weighted by atomic mass is 16.6. The second-order valence-electron chi connectivity index (χ2n) is 4.92. The minimum atomic E-state index is -1.43. The van der Waals surface area contributed by atoms with E-state index in [0.29, 0.717) is 5.57 Å². The number of allylic oxidation sites excluding steroid dienone is 3. The van der Waals surface area contributed by atoms with E-state index in [1.165, 1.54) is 0 Å². The van der Waals surface area contributed by atoms with E-state index in [0.717, 1.165) is 5.56 Å². The quantitative estimate of drug-likeness (QED) is 0.619. The highest BCUT2D eigenvalue weighted by molar-refractivity contribution is 6.13.